The number of aryl methyl sites for hydroxylation is 1. The molecule has 1 saturated heterocycles. The third kappa shape index (κ3) is 2.53. The van der Waals surface area contributed by atoms with Crippen molar-refractivity contribution in [3.63, 3.8) is 0 Å². The van der Waals surface area contributed by atoms with Gasteiger partial charge >= 0.3 is 5.97 Å². The Kier molecular flexibility index (Phi) is 3.89. The predicted molar refractivity (Wildman–Crippen MR) is 78.8 cm³/mol. The van der Waals surface area contributed by atoms with Crippen LogP contribution in [0.1, 0.15) is 36.8 Å². The van der Waals surface area contributed by atoms with Crippen LogP contribution in [-0.4, -0.2) is 31.4 Å². The maximum atomic E-state index is 11.3. The molecule has 4 nitrogen and oxygen atoms in total. The summed E-state index contributed by atoms with van der Waals surface area (Å²) < 4.78 is 10.9. The van der Waals surface area contributed by atoms with Gasteiger partial charge in [0, 0.05) is 25.0 Å². The van der Waals surface area contributed by atoms with Crippen molar-refractivity contribution >= 4 is 5.97 Å². The highest BCUT2D eigenvalue weighted by atomic mass is 16.5. The highest BCUT2D eigenvalue weighted by Crippen LogP contribution is 2.50. The van der Waals surface area contributed by atoms with Crippen LogP contribution in [0.2, 0.25) is 0 Å². The smallest absolute Gasteiger partial charge is 0.303 e. The van der Waals surface area contributed by atoms with Crippen LogP contribution >= 0.6 is 0 Å². The number of hydrogen-bond donors (Lipinski definition) is 1. The van der Waals surface area contributed by atoms with E-state index in [1.807, 2.05) is 6.07 Å². The van der Waals surface area contributed by atoms with Gasteiger partial charge in [0.05, 0.1) is 7.11 Å². The quantitative estimate of drug-likeness (QED) is 0.930. The maximum absolute atomic E-state index is 11.3. The van der Waals surface area contributed by atoms with E-state index in [0.717, 1.165) is 31.4 Å². The van der Waals surface area contributed by atoms with Gasteiger partial charge in [-0.15, -0.1) is 0 Å². The van der Waals surface area contributed by atoms with Crippen molar-refractivity contribution < 1.29 is 19.4 Å². The molecule has 1 N–H and O–H groups in total. The van der Waals surface area contributed by atoms with E-state index in [9.17, 15) is 9.90 Å². The minimum absolute atomic E-state index is 0.0568. The van der Waals surface area contributed by atoms with Crippen LogP contribution in [0, 0.1) is 5.92 Å². The van der Waals surface area contributed by atoms with Gasteiger partial charge in [0.25, 0.3) is 0 Å². The van der Waals surface area contributed by atoms with E-state index in [0.29, 0.717) is 13.2 Å². The number of benzene rings is 1. The second kappa shape index (κ2) is 5.68. The number of hydrogen-bond acceptors (Lipinski definition) is 3. The molecule has 3 rings (SSSR count). The standard InChI is InChI=1S/C17H22O4/c1-20-14-5-3-12-2-4-13(10-16(18)19)17(15(12)11-14)6-8-21-9-7-17/h3,5,11,13H,2,4,6-10H2,1H3,(H,18,19). The van der Waals surface area contributed by atoms with Crippen LogP contribution < -0.4 is 4.74 Å². The molecule has 2 aliphatic rings. The van der Waals surface area contributed by atoms with E-state index in [4.69, 9.17) is 9.47 Å². The fraction of sp³-hybridized carbons (Fsp3) is 0.588. The average Bonchev–Trinajstić information content (AvgIpc) is 2.51. The fourth-order valence-corrected chi connectivity index (χ4v) is 4.11. The highest BCUT2D eigenvalue weighted by molar-refractivity contribution is 5.67. The molecule has 1 atom stereocenters. The summed E-state index contributed by atoms with van der Waals surface area (Å²) in [6.07, 6.45) is 3.97. The molecular weight excluding hydrogens is 268 g/mol. The molecule has 0 aromatic heterocycles. The number of methoxy groups -OCH3 is 1. The van der Waals surface area contributed by atoms with Crippen molar-refractivity contribution in [3.05, 3.63) is 29.3 Å². The van der Waals surface area contributed by atoms with Gasteiger partial charge in [0.2, 0.25) is 0 Å². The number of rotatable bonds is 3. The Balaban J connectivity index is 2.05. The molecule has 1 heterocycles. The number of carbonyl (C=O) groups is 1. The molecule has 1 aliphatic heterocycles. The Labute approximate surface area is 125 Å². The molecule has 21 heavy (non-hydrogen) atoms. The number of fused-ring (bicyclic) bond motifs is 2. The summed E-state index contributed by atoms with van der Waals surface area (Å²) >= 11 is 0. The molecular formula is C17H22O4. The highest BCUT2D eigenvalue weighted by Gasteiger charge is 2.45. The predicted octanol–water partition coefficient (Wildman–Crippen LogP) is 2.78. The summed E-state index contributed by atoms with van der Waals surface area (Å²) in [5, 5.41) is 9.27. The maximum Gasteiger partial charge on any atom is 0.303 e. The summed E-state index contributed by atoms with van der Waals surface area (Å²) in [7, 11) is 1.68. The van der Waals surface area contributed by atoms with Gasteiger partial charge in [0.1, 0.15) is 5.75 Å². The molecule has 0 bridgehead atoms. The largest absolute Gasteiger partial charge is 0.497 e. The molecule has 0 radical (unpaired) electrons. The average molecular weight is 290 g/mol. The van der Waals surface area contributed by atoms with E-state index in [-0.39, 0.29) is 17.8 Å². The van der Waals surface area contributed by atoms with Gasteiger partial charge in [-0.25, -0.2) is 0 Å². The lowest BCUT2D eigenvalue weighted by atomic mass is 9.58. The molecule has 0 amide bonds. The number of carboxylic acid groups (broad SMARTS) is 1. The van der Waals surface area contributed by atoms with E-state index >= 15 is 0 Å². The second-order valence-corrected chi connectivity index (χ2v) is 6.13. The summed E-state index contributed by atoms with van der Waals surface area (Å²) in [6.45, 7) is 1.43. The number of carboxylic acids is 1. The van der Waals surface area contributed by atoms with Gasteiger partial charge in [0.15, 0.2) is 0 Å². The zero-order valence-electron chi connectivity index (χ0n) is 12.4. The van der Waals surface area contributed by atoms with Crippen molar-refractivity contribution in [2.24, 2.45) is 5.92 Å². The van der Waals surface area contributed by atoms with Gasteiger partial charge in [-0.2, -0.15) is 0 Å². The second-order valence-electron chi connectivity index (χ2n) is 6.13. The first-order valence-electron chi connectivity index (χ1n) is 7.62. The Morgan fingerprint density at radius 2 is 2.19 bits per heavy atom. The van der Waals surface area contributed by atoms with Crippen molar-refractivity contribution in [1.29, 1.82) is 0 Å². The molecule has 1 unspecified atom stereocenters. The van der Waals surface area contributed by atoms with Crippen LogP contribution in [0.5, 0.6) is 5.75 Å². The zero-order valence-corrected chi connectivity index (χ0v) is 12.4. The van der Waals surface area contributed by atoms with Crippen LogP contribution in [0.3, 0.4) is 0 Å². The molecule has 114 valence electrons. The molecule has 1 aromatic rings. The van der Waals surface area contributed by atoms with Crippen molar-refractivity contribution in [2.75, 3.05) is 20.3 Å². The van der Waals surface area contributed by atoms with Gasteiger partial charge in [-0.1, -0.05) is 6.07 Å². The van der Waals surface area contributed by atoms with Gasteiger partial charge < -0.3 is 14.6 Å². The Morgan fingerprint density at radius 1 is 1.43 bits per heavy atom. The minimum atomic E-state index is -0.697. The van der Waals surface area contributed by atoms with E-state index in [1.54, 1.807) is 7.11 Å². The topological polar surface area (TPSA) is 55.8 Å². The summed E-state index contributed by atoms with van der Waals surface area (Å²) in [4.78, 5) is 11.3. The van der Waals surface area contributed by atoms with Crippen LogP contribution in [0.15, 0.2) is 18.2 Å². The number of ether oxygens (including phenoxy) is 2. The van der Waals surface area contributed by atoms with E-state index in [1.165, 1.54) is 11.1 Å². The van der Waals surface area contributed by atoms with Crippen molar-refractivity contribution in [2.45, 2.75) is 37.5 Å². The lowest BCUT2D eigenvalue weighted by Gasteiger charge is -2.47. The summed E-state index contributed by atoms with van der Waals surface area (Å²) in [6, 6.07) is 6.26. The normalized spacial score (nSPS) is 23.6. The Hall–Kier alpha value is -1.55. The molecule has 4 heteroatoms. The van der Waals surface area contributed by atoms with Crippen LogP contribution in [0.4, 0.5) is 0 Å². The molecule has 1 fully saturated rings. The third-order valence-corrected chi connectivity index (χ3v) is 5.20. The number of aliphatic carboxylic acids is 1. The SMILES string of the molecule is COc1ccc2c(c1)C1(CCOCC1)C(CC(=O)O)CC2. The lowest BCUT2D eigenvalue weighted by Crippen LogP contribution is -2.45. The summed E-state index contributed by atoms with van der Waals surface area (Å²) in [5.41, 5.74) is 2.58. The van der Waals surface area contributed by atoms with Crippen LogP contribution in [-0.2, 0) is 21.4 Å². The minimum Gasteiger partial charge on any atom is -0.497 e. The first-order chi connectivity index (χ1) is 10.2. The van der Waals surface area contributed by atoms with Crippen LogP contribution in [0.25, 0.3) is 0 Å². The molecule has 1 aliphatic carbocycles. The Morgan fingerprint density at radius 3 is 2.86 bits per heavy atom. The zero-order chi connectivity index (χ0) is 14.9. The van der Waals surface area contributed by atoms with Gasteiger partial charge in [-0.3, -0.25) is 4.79 Å². The van der Waals surface area contributed by atoms with Crippen molar-refractivity contribution in [1.82, 2.24) is 0 Å². The summed E-state index contributed by atoms with van der Waals surface area (Å²) in [5.74, 6) is 0.353. The van der Waals surface area contributed by atoms with Gasteiger partial charge in [-0.05, 0) is 54.9 Å². The monoisotopic (exact) mass is 290 g/mol. The van der Waals surface area contributed by atoms with E-state index in [2.05, 4.69) is 12.1 Å². The molecule has 1 aromatic carbocycles. The third-order valence-electron chi connectivity index (χ3n) is 5.20. The molecule has 0 saturated carbocycles. The fourth-order valence-electron chi connectivity index (χ4n) is 4.11. The van der Waals surface area contributed by atoms with Crippen molar-refractivity contribution in [3.8, 4) is 5.75 Å². The first-order valence-corrected chi connectivity index (χ1v) is 7.62. The molecule has 1 spiro atoms. The first kappa shape index (κ1) is 14.4. The lowest BCUT2D eigenvalue weighted by molar-refractivity contribution is -0.139. The Bertz CT molecular complexity index is 532. The van der Waals surface area contributed by atoms with E-state index < -0.39 is 5.97 Å².